The van der Waals surface area contributed by atoms with E-state index in [0.717, 1.165) is 19.5 Å². The van der Waals surface area contributed by atoms with Gasteiger partial charge in [-0.05, 0) is 38.5 Å². The van der Waals surface area contributed by atoms with E-state index < -0.39 is 0 Å². The molecule has 0 heterocycles. The summed E-state index contributed by atoms with van der Waals surface area (Å²) in [5, 5.41) is 0. The minimum atomic E-state index is 0.961. The number of carbonyl (C=O) groups excluding carboxylic acids is 1. The molecule has 37 heavy (non-hydrogen) atoms. The van der Waals surface area contributed by atoms with Crippen molar-refractivity contribution < 1.29 is 4.79 Å². The number of allylic oxidation sites excluding steroid dienone is 2. The summed E-state index contributed by atoms with van der Waals surface area (Å²) in [4.78, 5) is 13.4. The zero-order valence-electron chi connectivity index (χ0n) is 25.8. The van der Waals surface area contributed by atoms with Gasteiger partial charge in [-0.15, -0.1) is 0 Å². The maximum Gasteiger partial charge on any atom is 0.209 e. The van der Waals surface area contributed by atoms with E-state index in [1.165, 1.54) is 180 Å². The van der Waals surface area contributed by atoms with Gasteiger partial charge >= 0.3 is 0 Å². The van der Waals surface area contributed by atoms with Gasteiger partial charge in [0.25, 0.3) is 0 Å². The molecule has 0 fully saturated rings. The normalized spacial score (nSPS) is 11.5. The molecule has 0 aliphatic carbocycles. The van der Waals surface area contributed by atoms with Crippen molar-refractivity contribution in [3.63, 3.8) is 0 Å². The van der Waals surface area contributed by atoms with Crippen molar-refractivity contribution in [2.75, 3.05) is 13.1 Å². The van der Waals surface area contributed by atoms with Gasteiger partial charge in [-0.3, -0.25) is 4.79 Å². The summed E-state index contributed by atoms with van der Waals surface area (Å²) in [6.45, 7) is 6.50. The third-order valence-corrected chi connectivity index (χ3v) is 7.91. The van der Waals surface area contributed by atoms with Gasteiger partial charge in [0.1, 0.15) is 0 Å². The lowest BCUT2D eigenvalue weighted by Gasteiger charge is -2.17. The first-order chi connectivity index (χ1) is 18.3. The van der Waals surface area contributed by atoms with Crippen LogP contribution in [0.15, 0.2) is 12.2 Å². The van der Waals surface area contributed by atoms with Gasteiger partial charge in [0.15, 0.2) is 0 Å². The zero-order valence-corrected chi connectivity index (χ0v) is 25.8. The summed E-state index contributed by atoms with van der Waals surface area (Å²) < 4.78 is 0. The molecule has 0 aromatic heterocycles. The van der Waals surface area contributed by atoms with Crippen LogP contribution in [0.2, 0.25) is 0 Å². The third-order valence-electron chi connectivity index (χ3n) is 7.91. The molecule has 0 aliphatic rings. The number of rotatable bonds is 32. The van der Waals surface area contributed by atoms with Crippen LogP contribution in [0.1, 0.15) is 194 Å². The van der Waals surface area contributed by atoms with E-state index in [-0.39, 0.29) is 0 Å². The minimum absolute atomic E-state index is 0.961. The lowest BCUT2D eigenvalue weighted by atomic mass is 10.0. The number of nitrogens with zero attached hydrogens (tertiary/aromatic N) is 1. The lowest BCUT2D eigenvalue weighted by Crippen LogP contribution is -2.24. The van der Waals surface area contributed by atoms with Gasteiger partial charge in [0.05, 0.1) is 0 Å². The van der Waals surface area contributed by atoms with Crippen LogP contribution < -0.4 is 0 Å². The summed E-state index contributed by atoms with van der Waals surface area (Å²) in [5.74, 6) is 0. The van der Waals surface area contributed by atoms with Crippen molar-refractivity contribution in [3.05, 3.63) is 12.2 Å². The van der Waals surface area contributed by atoms with Crippen molar-refractivity contribution in [1.82, 2.24) is 4.90 Å². The van der Waals surface area contributed by atoms with Crippen LogP contribution in [0.3, 0.4) is 0 Å². The van der Waals surface area contributed by atoms with Crippen LogP contribution >= 0.6 is 0 Å². The first kappa shape index (κ1) is 36.2. The molecule has 0 aliphatic heterocycles. The molecule has 0 bridgehead atoms. The first-order valence-electron chi connectivity index (χ1n) is 17.2. The molecule has 0 saturated heterocycles. The molecule has 0 aromatic carbocycles. The van der Waals surface area contributed by atoms with Crippen molar-refractivity contribution >= 4 is 6.41 Å². The summed E-state index contributed by atoms with van der Waals surface area (Å²) in [7, 11) is 0. The summed E-state index contributed by atoms with van der Waals surface area (Å²) in [5.41, 5.74) is 0. The van der Waals surface area contributed by atoms with Gasteiger partial charge in [0.2, 0.25) is 6.41 Å². The average Bonchev–Trinajstić information content (AvgIpc) is 2.91. The molecular formula is C35H69NO. The van der Waals surface area contributed by atoms with Gasteiger partial charge in [0, 0.05) is 13.1 Å². The quantitative estimate of drug-likeness (QED) is 0.0491. The summed E-state index contributed by atoms with van der Waals surface area (Å²) in [6.07, 6.45) is 44.1. The van der Waals surface area contributed by atoms with Crippen LogP contribution in [0.25, 0.3) is 0 Å². The highest BCUT2D eigenvalue weighted by molar-refractivity contribution is 5.46. The predicted octanol–water partition coefficient (Wildman–Crippen LogP) is 12.0. The number of carbonyl (C=O) groups is 1. The van der Waals surface area contributed by atoms with Gasteiger partial charge in [-0.2, -0.15) is 0 Å². The fraction of sp³-hybridized carbons (Fsp3) is 0.914. The molecule has 0 atom stereocenters. The first-order valence-corrected chi connectivity index (χ1v) is 17.2. The molecule has 220 valence electrons. The Morgan fingerprint density at radius 1 is 0.378 bits per heavy atom. The molecule has 0 aromatic rings. The summed E-state index contributed by atoms with van der Waals surface area (Å²) in [6, 6.07) is 0. The topological polar surface area (TPSA) is 20.3 Å². The molecule has 0 spiro atoms. The maximum atomic E-state index is 11.4. The highest BCUT2D eigenvalue weighted by Crippen LogP contribution is 2.14. The molecule has 2 heteroatoms. The van der Waals surface area contributed by atoms with Crippen LogP contribution in [0.5, 0.6) is 0 Å². The minimum Gasteiger partial charge on any atom is -0.345 e. The van der Waals surface area contributed by atoms with E-state index in [4.69, 9.17) is 0 Å². The highest BCUT2D eigenvalue weighted by Gasteiger charge is 2.01. The van der Waals surface area contributed by atoms with Crippen LogP contribution in [0.4, 0.5) is 0 Å². The molecule has 0 rings (SSSR count). The molecule has 0 unspecified atom stereocenters. The second-order valence-corrected chi connectivity index (χ2v) is 11.7. The Hall–Kier alpha value is -0.790. The fourth-order valence-electron chi connectivity index (χ4n) is 5.29. The Balaban J connectivity index is 3.31. The van der Waals surface area contributed by atoms with Crippen molar-refractivity contribution in [2.24, 2.45) is 0 Å². The van der Waals surface area contributed by atoms with Crippen molar-refractivity contribution in [3.8, 4) is 0 Å². The number of amides is 1. The largest absolute Gasteiger partial charge is 0.345 e. The Bertz CT molecular complexity index is 447. The average molecular weight is 520 g/mol. The SMILES string of the molecule is CCCCCCCC/C=C\CCCCCCCCN(C=O)CCCCCCCCCCCCCCCC. The van der Waals surface area contributed by atoms with Gasteiger partial charge in [-0.1, -0.05) is 167 Å². The lowest BCUT2D eigenvalue weighted by molar-refractivity contribution is -0.118. The highest BCUT2D eigenvalue weighted by atomic mass is 16.1. The summed E-state index contributed by atoms with van der Waals surface area (Å²) >= 11 is 0. The van der Waals surface area contributed by atoms with E-state index in [1.807, 2.05) is 4.90 Å². The fourth-order valence-corrected chi connectivity index (χ4v) is 5.29. The Labute approximate surface area is 234 Å². The molecule has 2 nitrogen and oxygen atoms in total. The number of hydrogen-bond acceptors (Lipinski definition) is 1. The van der Waals surface area contributed by atoms with Crippen LogP contribution in [0, 0.1) is 0 Å². The number of hydrogen-bond donors (Lipinski definition) is 0. The Morgan fingerprint density at radius 3 is 0.946 bits per heavy atom. The Kier molecular flexibility index (Phi) is 32.5. The number of unbranched alkanes of at least 4 members (excludes halogenated alkanes) is 25. The molecular weight excluding hydrogens is 450 g/mol. The van der Waals surface area contributed by atoms with E-state index in [2.05, 4.69) is 26.0 Å². The second kappa shape index (κ2) is 33.2. The molecule has 1 amide bonds. The van der Waals surface area contributed by atoms with Crippen LogP contribution in [-0.2, 0) is 4.79 Å². The van der Waals surface area contributed by atoms with Crippen molar-refractivity contribution in [2.45, 2.75) is 194 Å². The van der Waals surface area contributed by atoms with E-state index in [9.17, 15) is 4.79 Å². The zero-order chi connectivity index (χ0) is 26.9. The monoisotopic (exact) mass is 520 g/mol. The van der Waals surface area contributed by atoms with Crippen LogP contribution in [-0.4, -0.2) is 24.4 Å². The van der Waals surface area contributed by atoms with Gasteiger partial charge in [-0.25, -0.2) is 0 Å². The Morgan fingerprint density at radius 2 is 0.649 bits per heavy atom. The third kappa shape index (κ3) is 31.3. The van der Waals surface area contributed by atoms with Gasteiger partial charge < -0.3 is 4.90 Å². The van der Waals surface area contributed by atoms with E-state index >= 15 is 0 Å². The maximum absolute atomic E-state index is 11.4. The van der Waals surface area contributed by atoms with E-state index in [0.29, 0.717) is 0 Å². The van der Waals surface area contributed by atoms with Crippen molar-refractivity contribution in [1.29, 1.82) is 0 Å². The molecule has 0 saturated carbocycles. The van der Waals surface area contributed by atoms with E-state index in [1.54, 1.807) is 0 Å². The molecule has 0 N–H and O–H groups in total. The molecule has 0 radical (unpaired) electrons. The standard InChI is InChI=1S/C35H69NO/c1-3-5-7-9-11-13-15-17-19-20-22-24-26-28-30-32-34-36(35-37)33-31-29-27-25-23-21-18-16-14-12-10-8-6-4-2/h17,19,35H,3-16,18,20-34H2,1-2H3/b19-17-. The smallest absolute Gasteiger partial charge is 0.209 e. The second-order valence-electron chi connectivity index (χ2n) is 11.7. The predicted molar refractivity (Wildman–Crippen MR) is 167 cm³/mol.